The molecular weight excluding hydrogens is 426 g/mol. The highest BCUT2D eigenvalue weighted by Gasteiger charge is 2.34. The Bertz CT molecular complexity index is 873. The Kier molecular flexibility index (Phi) is 9.51. The highest BCUT2D eigenvalue weighted by Crippen LogP contribution is 2.47. The zero-order valence-corrected chi connectivity index (χ0v) is 20.6. The number of nitrogens with zero attached hydrogens (tertiary/aromatic N) is 1. The molecule has 0 bridgehead atoms. The maximum Gasteiger partial charge on any atom is 0.323 e. The van der Waals surface area contributed by atoms with Gasteiger partial charge in [-0.05, 0) is 62.5 Å². The molecular formula is C25H33NO3S2. The van der Waals surface area contributed by atoms with E-state index in [0.29, 0.717) is 10.3 Å². The van der Waals surface area contributed by atoms with Crippen LogP contribution in [-0.2, 0) is 9.59 Å². The molecule has 0 aromatic heterocycles. The molecule has 0 aromatic rings. The average Bonchev–Trinajstić information content (AvgIpc) is 3.01. The molecule has 0 atom stereocenters. The van der Waals surface area contributed by atoms with Gasteiger partial charge in [0.25, 0.3) is 5.91 Å². The van der Waals surface area contributed by atoms with Crippen LogP contribution in [0.1, 0.15) is 66.2 Å². The molecule has 31 heavy (non-hydrogen) atoms. The van der Waals surface area contributed by atoms with Crippen molar-refractivity contribution in [1.82, 2.24) is 4.90 Å². The highest BCUT2D eigenvalue weighted by molar-refractivity contribution is 8.26. The van der Waals surface area contributed by atoms with Crippen LogP contribution in [0.4, 0.5) is 0 Å². The van der Waals surface area contributed by atoms with Crippen LogP contribution in [-0.4, -0.2) is 32.7 Å². The Morgan fingerprint density at radius 3 is 2.58 bits per heavy atom. The molecule has 1 N–H and O–H groups in total. The standard InChI is InChI=1S/C25H33NO3S2/c1-5-19-12-10-16-25(6-2,7-3)20(19)15-14-18(4)11-8-9-13-21-23(29)26(17-22(27)28)24(30)31-21/h8-9,11,13-15H,5-7,10,12,16-17H2,1-4H3,(H,27,28)/b9-8+,15-14+,18-11+,21-13+. The van der Waals surface area contributed by atoms with Crippen molar-refractivity contribution in [3.8, 4) is 0 Å². The summed E-state index contributed by atoms with van der Waals surface area (Å²) in [6, 6.07) is 0. The van der Waals surface area contributed by atoms with E-state index >= 15 is 0 Å². The summed E-state index contributed by atoms with van der Waals surface area (Å²) in [5.41, 5.74) is 4.57. The SMILES string of the molecule is CCC1=C(/C=C/C(C)=C/C=C/C=C2/SC(=S)N(CC(=O)O)C2=O)C(CC)(CC)CCC1. The fourth-order valence-electron chi connectivity index (χ4n) is 4.34. The number of thiocarbonyl (C=S) groups is 1. The Morgan fingerprint density at radius 1 is 1.26 bits per heavy atom. The normalized spacial score (nSPS) is 21.4. The van der Waals surface area contributed by atoms with E-state index in [2.05, 4.69) is 39.8 Å². The van der Waals surface area contributed by atoms with E-state index in [-0.39, 0.29) is 10.2 Å². The van der Waals surface area contributed by atoms with Crippen molar-refractivity contribution in [2.45, 2.75) is 66.2 Å². The Balaban J connectivity index is 2.11. The van der Waals surface area contributed by atoms with Crippen molar-refractivity contribution in [2.75, 3.05) is 6.54 Å². The third-order valence-electron chi connectivity index (χ3n) is 6.26. The number of amides is 1. The minimum atomic E-state index is -1.08. The van der Waals surface area contributed by atoms with Gasteiger partial charge in [0.15, 0.2) is 0 Å². The summed E-state index contributed by atoms with van der Waals surface area (Å²) in [5, 5.41) is 8.90. The molecule has 1 fully saturated rings. The number of carboxylic acids is 1. The van der Waals surface area contributed by atoms with Crippen LogP contribution >= 0.6 is 24.0 Å². The lowest BCUT2D eigenvalue weighted by molar-refractivity contribution is -0.140. The molecule has 1 amide bonds. The van der Waals surface area contributed by atoms with Gasteiger partial charge in [-0.1, -0.05) is 86.3 Å². The molecule has 2 rings (SSSR count). The number of carbonyl (C=O) groups excluding carboxylic acids is 1. The predicted molar refractivity (Wildman–Crippen MR) is 134 cm³/mol. The van der Waals surface area contributed by atoms with Crippen molar-refractivity contribution < 1.29 is 14.7 Å². The lowest BCUT2D eigenvalue weighted by Gasteiger charge is -2.39. The third kappa shape index (κ3) is 6.30. The first-order valence-corrected chi connectivity index (χ1v) is 12.2. The second-order valence-electron chi connectivity index (χ2n) is 8.02. The topological polar surface area (TPSA) is 57.6 Å². The smallest absolute Gasteiger partial charge is 0.323 e. The summed E-state index contributed by atoms with van der Waals surface area (Å²) in [7, 11) is 0. The molecule has 0 aromatic carbocycles. The lowest BCUT2D eigenvalue weighted by Crippen LogP contribution is -2.33. The first-order chi connectivity index (χ1) is 14.8. The second-order valence-corrected chi connectivity index (χ2v) is 9.70. The summed E-state index contributed by atoms with van der Waals surface area (Å²) in [5.74, 6) is -1.43. The van der Waals surface area contributed by atoms with Crippen molar-refractivity contribution in [2.24, 2.45) is 5.41 Å². The van der Waals surface area contributed by atoms with Gasteiger partial charge in [-0.2, -0.15) is 0 Å². The van der Waals surface area contributed by atoms with Gasteiger partial charge in [0.05, 0.1) is 4.91 Å². The van der Waals surface area contributed by atoms with E-state index < -0.39 is 12.5 Å². The van der Waals surface area contributed by atoms with E-state index in [0.717, 1.165) is 28.7 Å². The van der Waals surface area contributed by atoms with Crippen LogP contribution in [0.2, 0.25) is 0 Å². The van der Waals surface area contributed by atoms with Gasteiger partial charge >= 0.3 is 5.97 Å². The number of hydrogen-bond donors (Lipinski definition) is 1. The molecule has 0 radical (unpaired) electrons. The van der Waals surface area contributed by atoms with Crippen molar-refractivity contribution in [3.63, 3.8) is 0 Å². The molecule has 0 spiro atoms. The number of rotatable bonds is 9. The second kappa shape index (κ2) is 11.6. The van der Waals surface area contributed by atoms with Crippen molar-refractivity contribution >= 4 is 40.2 Å². The lowest BCUT2D eigenvalue weighted by atomic mass is 9.66. The Labute approximate surface area is 195 Å². The predicted octanol–water partition coefficient (Wildman–Crippen LogP) is 6.57. The number of aliphatic carboxylic acids is 1. The van der Waals surface area contributed by atoms with E-state index in [1.165, 1.54) is 37.7 Å². The maximum absolute atomic E-state index is 12.3. The quantitative estimate of drug-likeness (QED) is 0.240. The molecule has 0 saturated carbocycles. The van der Waals surface area contributed by atoms with E-state index in [1.807, 2.05) is 12.2 Å². The molecule has 4 nitrogen and oxygen atoms in total. The summed E-state index contributed by atoms with van der Waals surface area (Å²) >= 11 is 6.23. The van der Waals surface area contributed by atoms with Crippen LogP contribution in [0.3, 0.4) is 0 Å². The van der Waals surface area contributed by atoms with Gasteiger partial charge in [0.1, 0.15) is 10.9 Å². The monoisotopic (exact) mass is 459 g/mol. The molecule has 1 aliphatic carbocycles. The summed E-state index contributed by atoms with van der Waals surface area (Å²) in [4.78, 5) is 24.7. The van der Waals surface area contributed by atoms with E-state index in [9.17, 15) is 9.59 Å². The molecule has 168 valence electrons. The number of carboxylic acid groups (broad SMARTS) is 1. The zero-order chi connectivity index (χ0) is 23.0. The minimum Gasteiger partial charge on any atom is -0.480 e. The molecule has 0 unspecified atom stereocenters. The number of carbonyl (C=O) groups is 2. The van der Waals surface area contributed by atoms with Gasteiger partial charge in [0.2, 0.25) is 0 Å². The molecule has 1 saturated heterocycles. The van der Waals surface area contributed by atoms with Gasteiger partial charge in [-0.3, -0.25) is 14.5 Å². The van der Waals surface area contributed by atoms with Crippen molar-refractivity contribution in [3.05, 3.63) is 58.1 Å². The largest absolute Gasteiger partial charge is 0.480 e. The summed E-state index contributed by atoms with van der Waals surface area (Å²) < 4.78 is 0.282. The average molecular weight is 460 g/mol. The molecule has 1 aliphatic heterocycles. The first kappa shape index (κ1) is 25.3. The van der Waals surface area contributed by atoms with Gasteiger partial charge in [0, 0.05) is 0 Å². The zero-order valence-electron chi connectivity index (χ0n) is 18.9. The van der Waals surface area contributed by atoms with E-state index in [1.54, 1.807) is 17.7 Å². The number of allylic oxidation sites excluding steroid dienone is 9. The van der Waals surface area contributed by atoms with Gasteiger partial charge in [-0.15, -0.1) is 0 Å². The van der Waals surface area contributed by atoms with Gasteiger partial charge < -0.3 is 5.11 Å². The van der Waals surface area contributed by atoms with Gasteiger partial charge in [-0.25, -0.2) is 0 Å². The summed E-state index contributed by atoms with van der Waals surface area (Å²) in [6.07, 6.45) is 19.1. The minimum absolute atomic E-state index is 0.282. The summed E-state index contributed by atoms with van der Waals surface area (Å²) in [6.45, 7) is 8.54. The fraction of sp³-hybridized carbons (Fsp3) is 0.480. The number of thioether (sulfide) groups is 1. The molecule has 6 heteroatoms. The molecule has 1 heterocycles. The van der Waals surface area contributed by atoms with Crippen molar-refractivity contribution in [1.29, 1.82) is 0 Å². The maximum atomic E-state index is 12.3. The number of hydrogen-bond acceptors (Lipinski definition) is 4. The Morgan fingerprint density at radius 2 is 1.97 bits per heavy atom. The van der Waals surface area contributed by atoms with Crippen LogP contribution in [0.15, 0.2) is 58.1 Å². The highest BCUT2D eigenvalue weighted by atomic mass is 32.2. The van der Waals surface area contributed by atoms with E-state index in [4.69, 9.17) is 17.3 Å². The van der Waals surface area contributed by atoms with Crippen LogP contribution in [0.25, 0.3) is 0 Å². The van der Waals surface area contributed by atoms with Crippen LogP contribution in [0.5, 0.6) is 0 Å². The van der Waals surface area contributed by atoms with Crippen LogP contribution in [0, 0.1) is 5.41 Å². The van der Waals surface area contributed by atoms with Crippen LogP contribution < -0.4 is 0 Å². The Hall–Kier alpha value is -1.92. The first-order valence-electron chi connectivity index (χ1n) is 11.0. The molecule has 2 aliphatic rings. The third-order valence-corrected chi connectivity index (χ3v) is 7.66. The fourth-order valence-corrected chi connectivity index (χ4v) is 5.54.